The van der Waals surface area contributed by atoms with E-state index in [1.807, 2.05) is 6.92 Å². The van der Waals surface area contributed by atoms with Gasteiger partial charge in [0.05, 0.1) is 0 Å². The fourth-order valence-electron chi connectivity index (χ4n) is 3.14. The van der Waals surface area contributed by atoms with Gasteiger partial charge in [-0.05, 0) is 45.7 Å². The highest BCUT2D eigenvalue weighted by atomic mass is 16.4. The molecule has 2 saturated heterocycles. The Morgan fingerprint density at radius 1 is 1.20 bits per heavy atom. The predicted octanol–water partition coefficient (Wildman–Crippen LogP) is 1.12. The molecule has 0 radical (unpaired) electrons. The Balaban J connectivity index is 1.79. The standard InChI is InChI=1S/C14H25N3O3/c1-11(10-16-7-3-2-4-8-16)15-14(20)17-9-5-6-12(17)13(18)19/h11-12H,2-10H2,1H3,(H,15,20)(H,18,19)/t11?,12-/m1/s1. The maximum Gasteiger partial charge on any atom is 0.326 e. The molecule has 0 aromatic carbocycles. The van der Waals surface area contributed by atoms with E-state index in [0.29, 0.717) is 13.0 Å². The molecule has 2 aliphatic rings. The summed E-state index contributed by atoms with van der Waals surface area (Å²) in [7, 11) is 0. The van der Waals surface area contributed by atoms with E-state index in [-0.39, 0.29) is 12.1 Å². The van der Waals surface area contributed by atoms with Gasteiger partial charge in [-0.1, -0.05) is 6.42 Å². The maximum absolute atomic E-state index is 12.1. The quantitative estimate of drug-likeness (QED) is 0.811. The first-order chi connectivity index (χ1) is 9.58. The number of nitrogens with zero attached hydrogens (tertiary/aromatic N) is 2. The Morgan fingerprint density at radius 2 is 1.90 bits per heavy atom. The van der Waals surface area contributed by atoms with Crippen molar-refractivity contribution in [1.29, 1.82) is 0 Å². The summed E-state index contributed by atoms with van der Waals surface area (Å²) in [4.78, 5) is 27.1. The SMILES string of the molecule is CC(CN1CCCCC1)NC(=O)N1CCC[C@@H]1C(=O)O. The first-order valence-electron chi connectivity index (χ1n) is 7.60. The van der Waals surface area contributed by atoms with E-state index in [1.54, 1.807) is 0 Å². The Kier molecular flexibility index (Phi) is 5.23. The van der Waals surface area contributed by atoms with E-state index in [1.165, 1.54) is 24.2 Å². The maximum atomic E-state index is 12.1. The molecule has 2 fully saturated rings. The number of amides is 2. The average Bonchev–Trinajstić information content (AvgIpc) is 2.89. The largest absolute Gasteiger partial charge is 0.480 e. The topological polar surface area (TPSA) is 72.9 Å². The van der Waals surface area contributed by atoms with Crippen molar-refractivity contribution in [3.8, 4) is 0 Å². The smallest absolute Gasteiger partial charge is 0.326 e. The van der Waals surface area contributed by atoms with Crippen LogP contribution in [0.1, 0.15) is 39.0 Å². The van der Waals surface area contributed by atoms with Crippen LogP contribution in [-0.4, -0.2) is 65.2 Å². The highest BCUT2D eigenvalue weighted by molar-refractivity contribution is 5.83. The minimum Gasteiger partial charge on any atom is -0.480 e. The highest BCUT2D eigenvalue weighted by Gasteiger charge is 2.34. The third-order valence-corrected chi connectivity index (χ3v) is 4.15. The molecule has 0 bridgehead atoms. The fraction of sp³-hybridized carbons (Fsp3) is 0.857. The van der Waals surface area contributed by atoms with Gasteiger partial charge in [-0.2, -0.15) is 0 Å². The van der Waals surface area contributed by atoms with Gasteiger partial charge in [0, 0.05) is 19.1 Å². The molecule has 1 unspecified atom stereocenters. The van der Waals surface area contributed by atoms with Crippen molar-refractivity contribution < 1.29 is 14.7 Å². The van der Waals surface area contributed by atoms with Crippen molar-refractivity contribution in [3.63, 3.8) is 0 Å². The second-order valence-corrected chi connectivity index (χ2v) is 5.90. The summed E-state index contributed by atoms with van der Waals surface area (Å²) in [6.45, 7) is 5.57. The minimum absolute atomic E-state index is 0.0515. The van der Waals surface area contributed by atoms with E-state index in [2.05, 4.69) is 10.2 Å². The number of nitrogens with one attached hydrogen (secondary N) is 1. The van der Waals surface area contributed by atoms with Gasteiger partial charge in [-0.3, -0.25) is 0 Å². The van der Waals surface area contributed by atoms with Crippen molar-refractivity contribution in [2.45, 2.75) is 51.1 Å². The number of hydrogen-bond donors (Lipinski definition) is 2. The molecule has 0 spiro atoms. The van der Waals surface area contributed by atoms with Crippen LogP contribution in [-0.2, 0) is 4.79 Å². The number of carbonyl (C=O) groups is 2. The molecule has 2 N–H and O–H groups in total. The summed E-state index contributed by atoms with van der Waals surface area (Å²) in [6, 6.07) is -0.841. The number of likely N-dealkylation sites (tertiary alicyclic amines) is 2. The third-order valence-electron chi connectivity index (χ3n) is 4.15. The normalized spacial score (nSPS) is 25.4. The molecule has 0 aromatic heterocycles. The number of carboxylic acid groups (broad SMARTS) is 1. The Hall–Kier alpha value is -1.30. The molecule has 0 aliphatic carbocycles. The lowest BCUT2D eigenvalue weighted by molar-refractivity contribution is -0.141. The lowest BCUT2D eigenvalue weighted by atomic mass is 10.1. The summed E-state index contributed by atoms with van der Waals surface area (Å²) in [5, 5.41) is 12.0. The molecule has 0 saturated carbocycles. The lowest BCUT2D eigenvalue weighted by Gasteiger charge is -2.30. The molecule has 114 valence electrons. The average molecular weight is 283 g/mol. The van der Waals surface area contributed by atoms with Crippen molar-refractivity contribution >= 4 is 12.0 Å². The number of carboxylic acids is 1. The number of rotatable bonds is 4. The summed E-state index contributed by atoms with van der Waals surface area (Å²) in [6.07, 6.45) is 5.08. The molecule has 2 rings (SSSR count). The van der Waals surface area contributed by atoms with Gasteiger partial charge in [-0.25, -0.2) is 9.59 Å². The van der Waals surface area contributed by atoms with Crippen LogP contribution < -0.4 is 5.32 Å². The Morgan fingerprint density at radius 3 is 2.55 bits per heavy atom. The molecule has 2 aliphatic heterocycles. The monoisotopic (exact) mass is 283 g/mol. The van der Waals surface area contributed by atoms with Crippen LogP contribution in [0.5, 0.6) is 0 Å². The molecule has 6 heteroatoms. The molecule has 0 aromatic rings. The van der Waals surface area contributed by atoms with E-state index in [4.69, 9.17) is 5.11 Å². The van der Waals surface area contributed by atoms with Crippen LogP contribution >= 0.6 is 0 Å². The van der Waals surface area contributed by atoms with Gasteiger partial charge in [0.25, 0.3) is 0 Å². The first kappa shape index (κ1) is 15.1. The zero-order valence-electron chi connectivity index (χ0n) is 12.2. The van der Waals surface area contributed by atoms with Crippen molar-refractivity contribution in [1.82, 2.24) is 15.1 Å². The highest BCUT2D eigenvalue weighted by Crippen LogP contribution is 2.17. The molecule has 2 heterocycles. The molecular weight excluding hydrogens is 258 g/mol. The summed E-state index contributed by atoms with van der Waals surface area (Å²) < 4.78 is 0. The zero-order valence-corrected chi connectivity index (χ0v) is 12.2. The predicted molar refractivity (Wildman–Crippen MR) is 75.6 cm³/mol. The lowest BCUT2D eigenvalue weighted by Crippen LogP contribution is -2.51. The fourth-order valence-corrected chi connectivity index (χ4v) is 3.14. The molecule has 20 heavy (non-hydrogen) atoms. The van der Waals surface area contributed by atoms with Crippen molar-refractivity contribution in [3.05, 3.63) is 0 Å². The van der Waals surface area contributed by atoms with Gasteiger partial charge in [0.1, 0.15) is 6.04 Å². The van der Waals surface area contributed by atoms with Gasteiger partial charge in [-0.15, -0.1) is 0 Å². The van der Waals surface area contributed by atoms with Crippen LogP contribution in [0.15, 0.2) is 0 Å². The zero-order chi connectivity index (χ0) is 14.5. The van der Waals surface area contributed by atoms with Crippen molar-refractivity contribution in [2.24, 2.45) is 0 Å². The summed E-state index contributed by atoms with van der Waals surface area (Å²) in [5.74, 6) is -0.902. The summed E-state index contributed by atoms with van der Waals surface area (Å²) >= 11 is 0. The number of piperidine rings is 1. The molecule has 2 atom stereocenters. The van der Waals surface area contributed by atoms with Crippen LogP contribution in [0.4, 0.5) is 4.79 Å². The van der Waals surface area contributed by atoms with Gasteiger partial charge < -0.3 is 20.2 Å². The van der Waals surface area contributed by atoms with Crippen LogP contribution in [0, 0.1) is 0 Å². The number of aliphatic carboxylic acids is 1. The molecule has 6 nitrogen and oxygen atoms in total. The molecule has 2 amide bonds. The number of urea groups is 1. The molecular formula is C14H25N3O3. The second-order valence-electron chi connectivity index (χ2n) is 5.90. The van der Waals surface area contributed by atoms with Crippen molar-refractivity contribution in [2.75, 3.05) is 26.2 Å². The van der Waals surface area contributed by atoms with Gasteiger partial charge in [0.15, 0.2) is 0 Å². The Bertz CT molecular complexity index is 356. The van der Waals surface area contributed by atoms with Gasteiger partial charge >= 0.3 is 12.0 Å². The van der Waals surface area contributed by atoms with E-state index in [9.17, 15) is 9.59 Å². The van der Waals surface area contributed by atoms with Gasteiger partial charge in [0.2, 0.25) is 0 Å². The van der Waals surface area contributed by atoms with Crippen LogP contribution in [0.25, 0.3) is 0 Å². The van der Waals surface area contributed by atoms with Crippen LogP contribution in [0.2, 0.25) is 0 Å². The summed E-state index contributed by atoms with van der Waals surface area (Å²) in [5.41, 5.74) is 0. The van der Waals surface area contributed by atoms with E-state index in [0.717, 1.165) is 26.1 Å². The van der Waals surface area contributed by atoms with Crippen LogP contribution in [0.3, 0.4) is 0 Å². The first-order valence-corrected chi connectivity index (χ1v) is 7.60. The van der Waals surface area contributed by atoms with E-state index >= 15 is 0 Å². The minimum atomic E-state index is -0.902. The van der Waals surface area contributed by atoms with E-state index < -0.39 is 12.0 Å². The second kappa shape index (κ2) is 6.92. The number of carbonyl (C=O) groups excluding carboxylic acids is 1. The number of hydrogen-bond acceptors (Lipinski definition) is 3. The Labute approximate surface area is 120 Å². The third kappa shape index (κ3) is 3.85.